The molecule has 0 radical (unpaired) electrons. The summed E-state index contributed by atoms with van der Waals surface area (Å²) in [6, 6.07) is 14.6. The molecule has 0 aliphatic heterocycles. The molecule has 1 amide bonds. The molecule has 1 atom stereocenters. The van der Waals surface area contributed by atoms with Crippen LogP contribution in [-0.4, -0.2) is 11.9 Å². The number of nitriles is 1. The van der Waals surface area contributed by atoms with Gasteiger partial charge in [-0.25, -0.2) is 4.39 Å². The van der Waals surface area contributed by atoms with E-state index in [0.717, 1.165) is 5.56 Å². The van der Waals surface area contributed by atoms with Crippen LogP contribution in [0.15, 0.2) is 48.5 Å². The van der Waals surface area contributed by atoms with E-state index in [0.29, 0.717) is 17.5 Å². The van der Waals surface area contributed by atoms with Crippen LogP contribution >= 0.6 is 0 Å². The first kappa shape index (κ1) is 14.7. The average Bonchev–Trinajstić information content (AvgIpc) is 2.49. The van der Waals surface area contributed by atoms with Crippen LogP contribution < -0.4 is 5.32 Å². The second kappa shape index (κ2) is 6.67. The lowest BCUT2D eigenvalue weighted by Crippen LogP contribution is -2.34. The highest BCUT2D eigenvalue weighted by atomic mass is 19.1. The smallest absolute Gasteiger partial charge is 0.251 e. The van der Waals surface area contributed by atoms with Gasteiger partial charge in [0.2, 0.25) is 0 Å². The molecule has 0 saturated carbocycles. The van der Waals surface area contributed by atoms with Crippen LogP contribution in [0.2, 0.25) is 0 Å². The van der Waals surface area contributed by atoms with Crippen molar-refractivity contribution in [3.8, 4) is 6.07 Å². The van der Waals surface area contributed by atoms with Crippen molar-refractivity contribution in [2.24, 2.45) is 0 Å². The normalized spacial score (nSPS) is 11.5. The van der Waals surface area contributed by atoms with Gasteiger partial charge in [-0.2, -0.15) is 5.26 Å². The maximum absolute atomic E-state index is 12.8. The van der Waals surface area contributed by atoms with Crippen LogP contribution in [0.5, 0.6) is 0 Å². The summed E-state index contributed by atoms with van der Waals surface area (Å²) in [4.78, 5) is 12.0. The number of nitrogens with one attached hydrogen (secondary N) is 1. The van der Waals surface area contributed by atoms with Crippen molar-refractivity contribution in [2.45, 2.75) is 19.4 Å². The number of carbonyl (C=O) groups is 1. The molecule has 21 heavy (non-hydrogen) atoms. The Kier molecular flexibility index (Phi) is 4.68. The van der Waals surface area contributed by atoms with Crippen LogP contribution in [0.25, 0.3) is 0 Å². The monoisotopic (exact) mass is 282 g/mol. The molecule has 106 valence electrons. The van der Waals surface area contributed by atoms with E-state index in [9.17, 15) is 9.18 Å². The summed E-state index contributed by atoms with van der Waals surface area (Å²) in [5, 5.41) is 11.6. The summed E-state index contributed by atoms with van der Waals surface area (Å²) in [5.74, 6) is -0.456. The Morgan fingerprint density at radius 3 is 2.38 bits per heavy atom. The number of hydrogen-bond donors (Lipinski definition) is 1. The Morgan fingerprint density at radius 2 is 1.81 bits per heavy atom. The van der Waals surface area contributed by atoms with Crippen molar-refractivity contribution in [2.75, 3.05) is 0 Å². The lowest BCUT2D eigenvalue weighted by Gasteiger charge is -2.14. The highest BCUT2D eigenvalue weighted by Crippen LogP contribution is 2.07. The van der Waals surface area contributed by atoms with Crippen molar-refractivity contribution >= 4 is 5.91 Å². The minimum Gasteiger partial charge on any atom is -0.349 e. The molecule has 2 aromatic carbocycles. The number of amides is 1. The third kappa shape index (κ3) is 4.15. The summed E-state index contributed by atoms with van der Waals surface area (Å²) in [6.07, 6.45) is 0.627. The van der Waals surface area contributed by atoms with Gasteiger partial charge in [0, 0.05) is 11.6 Å². The lowest BCUT2D eigenvalue weighted by atomic mass is 10.1. The fourth-order valence-electron chi connectivity index (χ4n) is 2.03. The fraction of sp³-hybridized carbons (Fsp3) is 0.176. The Balaban J connectivity index is 1.95. The van der Waals surface area contributed by atoms with E-state index in [1.807, 2.05) is 13.0 Å². The first-order valence-electron chi connectivity index (χ1n) is 6.64. The highest BCUT2D eigenvalue weighted by molar-refractivity contribution is 5.94. The molecule has 4 heteroatoms. The minimum absolute atomic E-state index is 0.0707. The minimum atomic E-state index is -0.270. The fourth-order valence-corrected chi connectivity index (χ4v) is 2.03. The third-order valence-corrected chi connectivity index (χ3v) is 3.11. The number of nitrogens with zero attached hydrogens (tertiary/aromatic N) is 1. The molecule has 0 bridgehead atoms. The van der Waals surface area contributed by atoms with Crippen LogP contribution in [0, 0.1) is 17.1 Å². The first-order chi connectivity index (χ1) is 10.1. The first-order valence-corrected chi connectivity index (χ1v) is 6.64. The zero-order valence-corrected chi connectivity index (χ0v) is 11.6. The molecule has 2 rings (SSSR count). The Labute approximate surface area is 123 Å². The molecule has 0 aromatic heterocycles. The average molecular weight is 282 g/mol. The van der Waals surface area contributed by atoms with Crippen molar-refractivity contribution in [1.82, 2.24) is 5.32 Å². The maximum Gasteiger partial charge on any atom is 0.251 e. The van der Waals surface area contributed by atoms with Crippen LogP contribution in [-0.2, 0) is 6.42 Å². The molecule has 0 aliphatic carbocycles. The molecule has 1 unspecified atom stereocenters. The van der Waals surface area contributed by atoms with E-state index in [1.165, 1.54) is 12.1 Å². The molecular weight excluding hydrogens is 267 g/mol. The molecular formula is C17H15FN2O. The van der Waals surface area contributed by atoms with E-state index >= 15 is 0 Å². The van der Waals surface area contributed by atoms with Gasteiger partial charge in [0.15, 0.2) is 0 Å². The molecule has 1 N–H and O–H groups in total. The van der Waals surface area contributed by atoms with E-state index < -0.39 is 0 Å². The molecule has 0 spiro atoms. The number of rotatable bonds is 4. The molecule has 0 aliphatic rings. The maximum atomic E-state index is 12.8. The van der Waals surface area contributed by atoms with E-state index in [4.69, 9.17) is 5.26 Å². The van der Waals surface area contributed by atoms with Crippen molar-refractivity contribution in [3.05, 3.63) is 71.0 Å². The second-order valence-electron chi connectivity index (χ2n) is 4.89. The molecule has 0 fully saturated rings. The number of halogens is 1. The Bertz CT molecular complexity index is 657. The SMILES string of the molecule is CC(Cc1ccc(F)cc1)NC(=O)c1ccc(C#N)cc1. The van der Waals surface area contributed by atoms with E-state index in [2.05, 4.69) is 5.32 Å². The lowest BCUT2D eigenvalue weighted by molar-refractivity contribution is 0.0940. The summed E-state index contributed by atoms with van der Waals surface area (Å²) in [7, 11) is 0. The Hall–Kier alpha value is -2.67. The van der Waals surface area contributed by atoms with Gasteiger partial charge in [0.25, 0.3) is 5.91 Å². The number of hydrogen-bond acceptors (Lipinski definition) is 2. The van der Waals surface area contributed by atoms with Crippen molar-refractivity contribution in [3.63, 3.8) is 0 Å². The van der Waals surface area contributed by atoms with Gasteiger partial charge in [-0.15, -0.1) is 0 Å². The standard InChI is InChI=1S/C17H15FN2O/c1-12(10-13-4-8-16(18)9-5-13)20-17(21)15-6-2-14(11-19)3-7-15/h2-9,12H,10H2,1H3,(H,20,21). The molecule has 3 nitrogen and oxygen atoms in total. The van der Waals surface area contributed by atoms with Crippen LogP contribution in [0.4, 0.5) is 4.39 Å². The largest absolute Gasteiger partial charge is 0.349 e. The van der Waals surface area contributed by atoms with Gasteiger partial charge >= 0.3 is 0 Å². The summed E-state index contributed by atoms with van der Waals surface area (Å²) >= 11 is 0. The van der Waals surface area contributed by atoms with E-state index in [-0.39, 0.29) is 17.8 Å². The zero-order chi connectivity index (χ0) is 15.2. The van der Waals surface area contributed by atoms with Gasteiger partial charge in [-0.05, 0) is 55.3 Å². The molecule has 0 heterocycles. The van der Waals surface area contributed by atoms with Gasteiger partial charge in [0.05, 0.1) is 11.6 Å². The van der Waals surface area contributed by atoms with Gasteiger partial charge in [-0.1, -0.05) is 12.1 Å². The third-order valence-electron chi connectivity index (χ3n) is 3.11. The van der Waals surface area contributed by atoms with Crippen LogP contribution in [0.3, 0.4) is 0 Å². The van der Waals surface area contributed by atoms with Gasteiger partial charge in [-0.3, -0.25) is 4.79 Å². The van der Waals surface area contributed by atoms with Crippen LogP contribution in [0.1, 0.15) is 28.4 Å². The molecule has 0 saturated heterocycles. The van der Waals surface area contributed by atoms with Gasteiger partial charge in [0.1, 0.15) is 5.82 Å². The summed E-state index contributed by atoms with van der Waals surface area (Å²) < 4.78 is 12.8. The highest BCUT2D eigenvalue weighted by Gasteiger charge is 2.10. The summed E-state index contributed by atoms with van der Waals surface area (Å²) in [5.41, 5.74) is 2.00. The predicted molar refractivity (Wildman–Crippen MR) is 78.2 cm³/mol. The molecule has 2 aromatic rings. The quantitative estimate of drug-likeness (QED) is 0.937. The zero-order valence-electron chi connectivity index (χ0n) is 11.6. The van der Waals surface area contributed by atoms with Crippen molar-refractivity contribution < 1.29 is 9.18 Å². The van der Waals surface area contributed by atoms with E-state index in [1.54, 1.807) is 36.4 Å². The topological polar surface area (TPSA) is 52.9 Å². The number of carbonyl (C=O) groups excluding carboxylic acids is 1. The summed E-state index contributed by atoms with van der Waals surface area (Å²) in [6.45, 7) is 1.89. The second-order valence-corrected chi connectivity index (χ2v) is 4.89. The Morgan fingerprint density at radius 1 is 1.19 bits per heavy atom. The van der Waals surface area contributed by atoms with Crippen molar-refractivity contribution in [1.29, 1.82) is 5.26 Å². The number of benzene rings is 2. The predicted octanol–water partition coefficient (Wildman–Crippen LogP) is 3.06. The van der Waals surface area contributed by atoms with Gasteiger partial charge < -0.3 is 5.32 Å².